The van der Waals surface area contributed by atoms with Crippen LogP contribution in [0.15, 0.2) is 62.4 Å². The highest BCUT2D eigenvalue weighted by molar-refractivity contribution is 9.10. The second-order valence-electron chi connectivity index (χ2n) is 6.48. The molecule has 0 radical (unpaired) electrons. The number of carbonyl (C=O) groups excluding carboxylic acids is 1. The van der Waals surface area contributed by atoms with E-state index in [0.717, 1.165) is 27.1 Å². The molecule has 30 heavy (non-hydrogen) atoms. The number of aromatic nitrogens is 2. The first-order valence-electron chi connectivity index (χ1n) is 9.04. The summed E-state index contributed by atoms with van der Waals surface area (Å²) in [6.07, 6.45) is 0.630. The lowest BCUT2D eigenvalue weighted by Crippen LogP contribution is -2.28. The number of nitrogens with two attached hydrogens (primary N) is 1. The summed E-state index contributed by atoms with van der Waals surface area (Å²) in [6, 6.07) is 15.5. The number of anilines is 1. The zero-order chi connectivity index (χ0) is 21.1. The number of benzene rings is 2. The van der Waals surface area contributed by atoms with Crippen molar-refractivity contribution >= 4 is 55.8 Å². The molecular weight excluding hydrogens is 486 g/mol. The van der Waals surface area contributed by atoms with Crippen molar-refractivity contribution < 1.29 is 9.53 Å². The summed E-state index contributed by atoms with van der Waals surface area (Å²) in [5.74, 6) is 0.878. The van der Waals surface area contributed by atoms with E-state index in [2.05, 4.69) is 26.1 Å². The van der Waals surface area contributed by atoms with E-state index >= 15 is 0 Å². The second kappa shape index (κ2) is 9.15. The maximum Gasteiger partial charge on any atom is 0.253 e. The quantitative estimate of drug-likeness (QED) is 0.502. The number of thioether (sulfide) groups is 1. The van der Waals surface area contributed by atoms with Gasteiger partial charge in [-0.3, -0.25) is 4.79 Å². The van der Waals surface area contributed by atoms with Crippen LogP contribution in [0.4, 0.5) is 5.13 Å². The maximum atomic E-state index is 13.1. The number of carbonyl (C=O) groups is 1. The Morgan fingerprint density at radius 1 is 1.30 bits per heavy atom. The first-order chi connectivity index (χ1) is 14.5. The molecule has 1 aliphatic rings. The lowest BCUT2D eigenvalue weighted by atomic mass is 9.98. The average Bonchev–Trinajstić information content (AvgIpc) is 3.39. The van der Waals surface area contributed by atoms with Crippen LogP contribution in [0.2, 0.25) is 0 Å². The van der Waals surface area contributed by atoms with Crippen LogP contribution in [0.3, 0.4) is 0 Å². The number of methoxy groups -OCH3 is 1. The molecular formula is C20H18BrN5O2S2. The Kier molecular flexibility index (Phi) is 6.35. The fourth-order valence-electron chi connectivity index (χ4n) is 3.14. The summed E-state index contributed by atoms with van der Waals surface area (Å²) in [5.41, 5.74) is 8.49. The average molecular weight is 504 g/mol. The standard InChI is InChI=1S/C20H18BrN5O2S2/c1-28-15-7-5-12(6-8-15)17-10-16(13-3-2-4-14(21)9-13)25-26(17)18(27)11-29-20-24-23-19(22)30-20/h2-9,17H,10-11H2,1H3,(H2,22,23). The van der Waals surface area contributed by atoms with Crippen molar-refractivity contribution in [2.75, 3.05) is 18.6 Å². The minimum Gasteiger partial charge on any atom is -0.497 e. The number of hydrazone groups is 1. The molecule has 4 rings (SSSR count). The van der Waals surface area contributed by atoms with Crippen LogP contribution in [0, 0.1) is 0 Å². The predicted molar refractivity (Wildman–Crippen MR) is 123 cm³/mol. The lowest BCUT2D eigenvalue weighted by Gasteiger charge is -2.22. The topological polar surface area (TPSA) is 93.7 Å². The van der Waals surface area contributed by atoms with E-state index in [4.69, 9.17) is 15.6 Å². The van der Waals surface area contributed by atoms with E-state index in [1.54, 1.807) is 12.1 Å². The van der Waals surface area contributed by atoms with Crippen LogP contribution >= 0.6 is 39.0 Å². The monoisotopic (exact) mass is 503 g/mol. The van der Waals surface area contributed by atoms with Gasteiger partial charge in [0.05, 0.1) is 24.6 Å². The van der Waals surface area contributed by atoms with Gasteiger partial charge in [-0.1, -0.05) is 63.3 Å². The molecule has 2 aromatic carbocycles. The van der Waals surface area contributed by atoms with E-state index < -0.39 is 0 Å². The van der Waals surface area contributed by atoms with Gasteiger partial charge in [-0.2, -0.15) is 5.10 Å². The smallest absolute Gasteiger partial charge is 0.253 e. The Labute approximate surface area is 190 Å². The second-order valence-corrected chi connectivity index (χ2v) is 9.63. The summed E-state index contributed by atoms with van der Waals surface area (Å²) < 4.78 is 6.89. The Balaban J connectivity index is 1.59. The number of hydrogen-bond acceptors (Lipinski definition) is 8. The minimum atomic E-state index is -0.183. The molecule has 2 heterocycles. The molecule has 1 atom stereocenters. The normalized spacial score (nSPS) is 15.9. The van der Waals surface area contributed by atoms with Crippen molar-refractivity contribution in [2.45, 2.75) is 16.8 Å². The number of hydrogen-bond donors (Lipinski definition) is 1. The number of rotatable bonds is 6. The Morgan fingerprint density at radius 2 is 2.10 bits per heavy atom. The van der Waals surface area contributed by atoms with Crippen LogP contribution < -0.4 is 10.5 Å². The van der Waals surface area contributed by atoms with Crippen LogP contribution in [0.25, 0.3) is 0 Å². The summed E-state index contributed by atoms with van der Waals surface area (Å²) in [5, 5.41) is 14.4. The summed E-state index contributed by atoms with van der Waals surface area (Å²) in [4.78, 5) is 13.1. The van der Waals surface area contributed by atoms with E-state index in [1.165, 1.54) is 23.1 Å². The summed E-state index contributed by atoms with van der Waals surface area (Å²) in [6.45, 7) is 0. The third kappa shape index (κ3) is 4.66. The van der Waals surface area contributed by atoms with Gasteiger partial charge in [0.15, 0.2) is 4.34 Å². The van der Waals surface area contributed by atoms with Crippen molar-refractivity contribution in [2.24, 2.45) is 5.10 Å². The molecule has 0 saturated carbocycles. The first kappa shape index (κ1) is 20.8. The molecule has 1 aromatic heterocycles. The van der Waals surface area contributed by atoms with Crippen LogP contribution in [0.5, 0.6) is 5.75 Å². The molecule has 0 spiro atoms. The molecule has 1 unspecified atom stereocenters. The predicted octanol–water partition coefficient (Wildman–Crippen LogP) is 4.36. The zero-order valence-electron chi connectivity index (χ0n) is 16.0. The Hall–Kier alpha value is -2.43. The number of halogens is 1. The molecule has 0 fully saturated rings. The molecule has 0 aliphatic carbocycles. The fraction of sp³-hybridized carbons (Fsp3) is 0.200. The largest absolute Gasteiger partial charge is 0.497 e. The first-order valence-corrected chi connectivity index (χ1v) is 11.6. The molecule has 2 N–H and O–H groups in total. The molecule has 10 heteroatoms. The van der Waals surface area contributed by atoms with Crippen LogP contribution in [-0.4, -0.2) is 39.7 Å². The highest BCUT2D eigenvalue weighted by Gasteiger charge is 2.33. The molecule has 154 valence electrons. The van der Waals surface area contributed by atoms with Gasteiger partial charge < -0.3 is 10.5 Å². The van der Waals surface area contributed by atoms with Gasteiger partial charge in [-0.05, 0) is 35.4 Å². The van der Waals surface area contributed by atoms with E-state index in [1.807, 2.05) is 48.5 Å². The van der Waals surface area contributed by atoms with Gasteiger partial charge in [-0.15, -0.1) is 10.2 Å². The van der Waals surface area contributed by atoms with Gasteiger partial charge >= 0.3 is 0 Å². The zero-order valence-corrected chi connectivity index (χ0v) is 19.2. The third-order valence-corrected chi connectivity index (χ3v) is 6.93. The number of ether oxygens (including phenoxy) is 1. The van der Waals surface area contributed by atoms with Gasteiger partial charge in [0.1, 0.15) is 5.75 Å². The molecule has 7 nitrogen and oxygen atoms in total. The highest BCUT2D eigenvalue weighted by atomic mass is 79.9. The summed E-state index contributed by atoms with van der Waals surface area (Å²) >= 11 is 6.09. The lowest BCUT2D eigenvalue weighted by molar-refractivity contribution is -0.130. The van der Waals surface area contributed by atoms with Crippen molar-refractivity contribution in [3.63, 3.8) is 0 Å². The third-order valence-electron chi connectivity index (χ3n) is 4.57. The fourth-order valence-corrected chi connectivity index (χ4v) is 5.02. The van der Waals surface area contributed by atoms with Crippen LogP contribution in [0.1, 0.15) is 23.6 Å². The SMILES string of the molecule is COc1ccc(C2CC(c3cccc(Br)c3)=NN2C(=O)CSc2nnc(N)s2)cc1. The van der Waals surface area contributed by atoms with Gasteiger partial charge in [0, 0.05) is 10.9 Å². The number of nitrogen functional groups attached to an aromatic ring is 1. The van der Waals surface area contributed by atoms with Crippen molar-refractivity contribution in [3.8, 4) is 5.75 Å². The van der Waals surface area contributed by atoms with Crippen molar-refractivity contribution in [3.05, 3.63) is 64.1 Å². The van der Waals surface area contributed by atoms with E-state index in [9.17, 15) is 4.79 Å². The molecule has 1 amide bonds. The van der Waals surface area contributed by atoms with Gasteiger partial charge in [-0.25, -0.2) is 5.01 Å². The summed E-state index contributed by atoms with van der Waals surface area (Å²) in [7, 11) is 1.63. The molecule has 1 aliphatic heterocycles. The molecule has 3 aromatic rings. The Morgan fingerprint density at radius 3 is 2.77 bits per heavy atom. The molecule has 0 bridgehead atoms. The van der Waals surface area contributed by atoms with E-state index in [0.29, 0.717) is 15.9 Å². The van der Waals surface area contributed by atoms with Gasteiger partial charge in [0.2, 0.25) is 5.13 Å². The minimum absolute atomic E-state index is 0.0976. The Bertz CT molecular complexity index is 1090. The van der Waals surface area contributed by atoms with E-state index in [-0.39, 0.29) is 17.7 Å². The maximum absolute atomic E-state index is 13.1. The number of amides is 1. The van der Waals surface area contributed by atoms with Crippen molar-refractivity contribution in [1.82, 2.24) is 15.2 Å². The molecule has 0 saturated heterocycles. The van der Waals surface area contributed by atoms with Crippen LogP contribution in [-0.2, 0) is 4.79 Å². The van der Waals surface area contributed by atoms with Crippen molar-refractivity contribution in [1.29, 1.82) is 0 Å². The number of nitrogens with zero attached hydrogens (tertiary/aromatic N) is 4. The van der Waals surface area contributed by atoms with Gasteiger partial charge in [0.25, 0.3) is 5.91 Å². The highest BCUT2D eigenvalue weighted by Crippen LogP contribution is 2.35.